The van der Waals surface area contributed by atoms with Gasteiger partial charge < -0.3 is 4.90 Å². The first-order chi connectivity index (χ1) is 9.80. The lowest BCUT2D eigenvalue weighted by Crippen LogP contribution is -2.39. The molecule has 0 bridgehead atoms. The van der Waals surface area contributed by atoms with Gasteiger partial charge in [0.15, 0.2) is 0 Å². The molecule has 7 heteroatoms. The molecule has 2 rings (SSSR count). The molecule has 1 fully saturated rings. The monoisotopic (exact) mass is 314 g/mol. The van der Waals surface area contributed by atoms with E-state index < -0.39 is 21.7 Å². The van der Waals surface area contributed by atoms with Gasteiger partial charge in [-0.15, -0.1) is 0 Å². The van der Waals surface area contributed by atoms with E-state index in [4.69, 9.17) is 5.14 Å². The number of sulfonamides is 1. The van der Waals surface area contributed by atoms with Crippen molar-refractivity contribution >= 4 is 15.9 Å². The van der Waals surface area contributed by atoms with Crippen molar-refractivity contribution < 1.29 is 17.6 Å². The summed E-state index contributed by atoms with van der Waals surface area (Å²) in [4.78, 5) is 13.9. The van der Waals surface area contributed by atoms with Crippen molar-refractivity contribution in [1.29, 1.82) is 0 Å². The van der Waals surface area contributed by atoms with Gasteiger partial charge >= 0.3 is 0 Å². The summed E-state index contributed by atoms with van der Waals surface area (Å²) in [6.07, 6.45) is 3.76. The smallest absolute Gasteiger partial charge is 0.255 e. The van der Waals surface area contributed by atoms with Crippen LogP contribution in [0.4, 0.5) is 4.39 Å². The van der Waals surface area contributed by atoms with E-state index in [0.717, 1.165) is 43.9 Å². The molecule has 5 nitrogen and oxygen atoms in total. The number of hydrogen-bond donors (Lipinski definition) is 1. The standard InChI is InChI=1S/C14H19FN2O3S/c1-10-5-3-2-4-8-17(10)14(18)12-9-11(15)6-7-13(12)21(16,19)20/h6-7,9-10H,2-5,8H2,1H3,(H2,16,19,20). The van der Waals surface area contributed by atoms with Gasteiger partial charge in [-0.1, -0.05) is 12.8 Å². The molecular formula is C14H19FN2O3S. The predicted octanol–water partition coefficient (Wildman–Crippen LogP) is 1.88. The van der Waals surface area contributed by atoms with Crippen LogP contribution in [0, 0.1) is 5.82 Å². The molecule has 0 aromatic heterocycles. The number of amides is 1. The number of primary sulfonamides is 1. The molecule has 116 valence electrons. The van der Waals surface area contributed by atoms with Crippen LogP contribution in [0.5, 0.6) is 0 Å². The van der Waals surface area contributed by atoms with Crippen LogP contribution in [0.2, 0.25) is 0 Å². The highest BCUT2D eigenvalue weighted by atomic mass is 32.2. The van der Waals surface area contributed by atoms with Crippen molar-refractivity contribution in [3.05, 3.63) is 29.6 Å². The molecule has 0 aliphatic carbocycles. The highest BCUT2D eigenvalue weighted by Crippen LogP contribution is 2.23. The van der Waals surface area contributed by atoms with Crippen molar-refractivity contribution in [3.8, 4) is 0 Å². The van der Waals surface area contributed by atoms with Gasteiger partial charge in [0.1, 0.15) is 5.82 Å². The molecule has 1 saturated heterocycles. The zero-order valence-corrected chi connectivity index (χ0v) is 12.7. The molecule has 1 amide bonds. The summed E-state index contributed by atoms with van der Waals surface area (Å²) < 4.78 is 36.6. The van der Waals surface area contributed by atoms with Crippen LogP contribution in [0.1, 0.15) is 43.0 Å². The lowest BCUT2D eigenvalue weighted by molar-refractivity contribution is 0.0693. The molecule has 0 spiro atoms. The second-order valence-electron chi connectivity index (χ2n) is 5.38. The molecule has 21 heavy (non-hydrogen) atoms. The fourth-order valence-corrected chi connectivity index (χ4v) is 3.36. The number of benzene rings is 1. The van der Waals surface area contributed by atoms with Crippen LogP contribution in [0.25, 0.3) is 0 Å². The van der Waals surface area contributed by atoms with Crippen LogP contribution in [-0.4, -0.2) is 31.8 Å². The molecule has 1 heterocycles. The summed E-state index contributed by atoms with van der Waals surface area (Å²) in [5.41, 5.74) is -0.189. The van der Waals surface area contributed by atoms with E-state index in [1.807, 2.05) is 6.92 Å². The van der Waals surface area contributed by atoms with Gasteiger partial charge in [-0.05, 0) is 38.0 Å². The summed E-state index contributed by atoms with van der Waals surface area (Å²) in [5, 5.41) is 5.12. The van der Waals surface area contributed by atoms with E-state index in [0.29, 0.717) is 6.54 Å². The minimum atomic E-state index is -4.07. The Labute approximate surface area is 124 Å². The van der Waals surface area contributed by atoms with Gasteiger partial charge in [0, 0.05) is 12.6 Å². The molecule has 1 aliphatic rings. The first kappa shape index (κ1) is 15.9. The summed E-state index contributed by atoms with van der Waals surface area (Å²) in [5.74, 6) is -1.14. The van der Waals surface area contributed by atoms with Gasteiger partial charge in [-0.3, -0.25) is 4.79 Å². The van der Waals surface area contributed by atoms with Crippen molar-refractivity contribution in [2.24, 2.45) is 5.14 Å². The topological polar surface area (TPSA) is 80.5 Å². The van der Waals surface area contributed by atoms with E-state index in [9.17, 15) is 17.6 Å². The average Bonchev–Trinajstić information content (AvgIpc) is 2.61. The highest BCUT2D eigenvalue weighted by molar-refractivity contribution is 7.89. The molecule has 1 unspecified atom stereocenters. The Morgan fingerprint density at radius 2 is 2.05 bits per heavy atom. The zero-order chi connectivity index (χ0) is 15.6. The van der Waals surface area contributed by atoms with E-state index in [1.165, 1.54) is 0 Å². The predicted molar refractivity (Wildman–Crippen MR) is 76.7 cm³/mol. The Hall–Kier alpha value is -1.47. The third-order valence-electron chi connectivity index (χ3n) is 3.79. The SMILES string of the molecule is CC1CCCCCN1C(=O)c1cc(F)ccc1S(N)(=O)=O. The molecule has 0 radical (unpaired) electrons. The van der Waals surface area contributed by atoms with Gasteiger partial charge in [0.05, 0.1) is 10.5 Å². The molecule has 1 atom stereocenters. The number of carbonyl (C=O) groups is 1. The van der Waals surface area contributed by atoms with Crippen molar-refractivity contribution in [2.45, 2.75) is 43.5 Å². The van der Waals surface area contributed by atoms with Crippen LogP contribution in [-0.2, 0) is 10.0 Å². The van der Waals surface area contributed by atoms with Crippen molar-refractivity contribution in [2.75, 3.05) is 6.54 Å². The maximum Gasteiger partial charge on any atom is 0.255 e. The van der Waals surface area contributed by atoms with Gasteiger partial charge in [-0.2, -0.15) is 0 Å². The molecule has 0 saturated carbocycles. The number of nitrogens with zero attached hydrogens (tertiary/aromatic N) is 1. The van der Waals surface area contributed by atoms with E-state index in [-0.39, 0.29) is 16.5 Å². The van der Waals surface area contributed by atoms with Crippen molar-refractivity contribution in [3.63, 3.8) is 0 Å². The number of rotatable bonds is 2. The Morgan fingerprint density at radius 3 is 2.71 bits per heavy atom. The Kier molecular flexibility index (Phi) is 4.63. The summed E-state index contributed by atoms with van der Waals surface area (Å²) >= 11 is 0. The van der Waals surface area contributed by atoms with Crippen LogP contribution in [0.15, 0.2) is 23.1 Å². The quantitative estimate of drug-likeness (QED) is 0.905. The Morgan fingerprint density at radius 1 is 1.33 bits per heavy atom. The number of nitrogens with two attached hydrogens (primary N) is 1. The lowest BCUT2D eigenvalue weighted by atomic mass is 10.1. The second-order valence-corrected chi connectivity index (χ2v) is 6.91. The first-order valence-electron chi connectivity index (χ1n) is 6.94. The Balaban J connectivity index is 2.44. The van der Waals surface area contributed by atoms with E-state index in [1.54, 1.807) is 4.90 Å². The number of likely N-dealkylation sites (tertiary alicyclic amines) is 1. The lowest BCUT2D eigenvalue weighted by Gasteiger charge is -2.27. The summed E-state index contributed by atoms with van der Waals surface area (Å²) in [7, 11) is -4.07. The van der Waals surface area contributed by atoms with Gasteiger partial charge in [-0.25, -0.2) is 17.9 Å². The molecule has 2 N–H and O–H groups in total. The summed E-state index contributed by atoms with van der Waals surface area (Å²) in [6, 6.07) is 2.97. The molecule has 1 aromatic rings. The summed E-state index contributed by atoms with van der Waals surface area (Å²) in [6.45, 7) is 2.46. The normalized spacial score (nSPS) is 20.1. The average molecular weight is 314 g/mol. The number of hydrogen-bond acceptors (Lipinski definition) is 3. The third-order valence-corrected chi connectivity index (χ3v) is 4.76. The highest BCUT2D eigenvalue weighted by Gasteiger charge is 2.27. The first-order valence-corrected chi connectivity index (χ1v) is 8.48. The zero-order valence-electron chi connectivity index (χ0n) is 11.9. The molecule has 1 aromatic carbocycles. The molecule has 1 aliphatic heterocycles. The van der Waals surface area contributed by atoms with Crippen molar-refractivity contribution in [1.82, 2.24) is 4.90 Å². The number of carbonyl (C=O) groups excluding carboxylic acids is 1. The largest absolute Gasteiger partial charge is 0.336 e. The van der Waals surface area contributed by atoms with Crippen LogP contribution in [0.3, 0.4) is 0 Å². The fraction of sp³-hybridized carbons (Fsp3) is 0.500. The van der Waals surface area contributed by atoms with Crippen LogP contribution >= 0.6 is 0 Å². The maximum absolute atomic E-state index is 13.4. The van der Waals surface area contributed by atoms with Gasteiger partial charge in [0.25, 0.3) is 5.91 Å². The van der Waals surface area contributed by atoms with E-state index in [2.05, 4.69) is 0 Å². The maximum atomic E-state index is 13.4. The minimum absolute atomic E-state index is 0.00315. The fourth-order valence-electron chi connectivity index (χ4n) is 2.65. The minimum Gasteiger partial charge on any atom is -0.336 e. The second kappa shape index (κ2) is 6.11. The van der Waals surface area contributed by atoms with Crippen LogP contribution < -0.4 is 5.14 Å². The Bertz CT molecular complexity index is 646. The van der Waals surface area contributed by atoms with E-state index >= 15 is 0 Å². The third kappa shape index (κ3) is 3.59. The molecular weight excluding hydrogens is 295 g/mol. The number of halogens is 1. The van der Waals surface area contributed by atoms with Gasteiger partial charge in [0.2, 0.25) is 10.0 Å².